The summed E-state index contributed by atoms with van der Waals surface area (Å²) in [6.45, 7) is 8.93. The minimum absolute atomic E-state index is 0.161. The zero-order chi connectivity index (χ0) is 16.4. The van der Waals surface area contributed by atoms with Gasteiger partial charge in [-0.3, -0.25) is 0 Å². The zero-order valence-corrected chi connectivity index (χ0v) is 14.4. The standard InChI is InChI=1S/C23H24/c1-17-9-7-10-18(15-17)21-13-5-6-14-22(21)19-11-8-12-20(16-19)23(2,3)4/h5-16H,1-4H3. The molecule has 0 unspecified atom stereocenters. The highest BCUT2D eigenvalue weighted by Crippen LogP contribution is 2.34. The van der Waals surface area contributed by atoms with Crippen LogP contribution in [-0.4, -0.2) is 0 Å². The van der Waals surface area contributed by atoms with Gasteiger partial charge in [0.05, 0.1) is 0 Å². The van der Waals surface area contributed by atoms with Crippen LogP contribution in [0.5, 0.6) is 0 Å². The van der Waals surface area contributed by atoms with Gasteiger partial charge in [0.25, 0.3) is 0 Å². The molecule has 0 atom stereocenters. The van der Waals surface area contributed by atoms with Crippen molar-refractivity contribution in [2.24, 2.45) is 0 Å². The van der Waals surface area contributed by atoms with E-state index >= 15 is 0 Å². The molecule has 0 bridgehead atoms. The summed E-state index contributed by atoms with van der Waals surface area (Å²) in [4.78, 5) is 0. The topological polar surface area (TPSA) is 0 Å². The van der Waals surface area contributed by atoms with Gasteiger partial charge >= 0.3 is 0 Å². The van der Waals surface area contributed by atoms with Crippen molar-refractivity contribution in [1.82, 2.24) is 0 Å². The van der Waals surface area contributed by atoms with Crippen molar-refractivity contribution in [3.8, 4) is 22.3 Å². The third kappa shape index (κ3) is 3.37. The molecule has 3 rings (SSSR count). The summed E-state index contributed by atoms with van der Waals surface area (Å²) in [7, 11) is 0. The molecule has 0 aliphatic carbocycles. The predicted octanol–water partition coefficient (Wildman–Crippen LogP) is 6.63. The normalized spacial score (nSPS) is 11.5. The Morgan fingerprint density at radius 1 is 0.609 bits per heavy atom. The van der Waals surface area contributed by atoms with E-state index in [1.165, 1.54) is 33.4 Å². The molecule has 0 radical (unpaired) electrons. The molecule has 3 aromatic carbocycles. The van der Waals surface area contributed by atoms with Crippen LogP contribution >= 0.6 is 0 Å². The van der Waals surface area contributed by atoms with E-state index in [0.717, 1.165) is 0 Å². The van der Waals surface area contributed by atoms with E-state index in [1.54, 1.807) is 0 Å². The highest BCUT2D eigenvalue weighted by Gasteiger charge is 2.15. The number of hydrogen-bond acceptors (Lipinski definition) is 0. The second-order valence-electron chi connectivity index (χ2n) is 7.25. The van der Waals surface area contributed by atoms with Crippen LogP contribution in [0.25, 0.3) is 22.3 Å². The SMILES string of the molecule is Cc1cccc(-c2ccccc2-c2cccc(C(C)(C)C)c2)c1. The van der Waals surface area contributed by atoms with Gasteiger partial charge in [-0.2, -0.15) is 0 Å². The second-order valence-corrected chi connectivity index (χ2v) is 7.25. The summed E-state index contributed by atoms with van der Waals surface area (Å²) in [5.74, 6) is 0. The maximum absolute atomic E-state index is 2.33. The van der Waals surface area contributed by atoms with Crippen molar-refractivity contribution < 1.29 is 0 Å². The summed E-state index contributed by atoms with van der Waals surface area (Å²) in [5, 5.41) is 0. The lowest BCUT2D eigenvalue weighted by atomic mass is 9.84. The molecule has 0 fully saturated rings. The van der Waals surface area contributed by atoms with E-state index in [4.69, 9.17) is 0 Å². The number of benzene rings is 3. The summed E-state index contributed by atoms with van der Waals surface area (Å²) in [5.41, 5.74) is 7.98. The molecular formula is C23H24. The van der Waals surface area contributed by atoms with Gasteiger partial charge < -0.3 is 0 Å². The van der Waals surface area contributed by atoms with Gasteiger partial charge in [-0.1, -0.05) is 99.1 Å². The summed E-state index contributed by atoms with van der Waals surface area (Å²) >= 11 is 0. The highest BCUT2D eigenvalue weighted by molar-refractivity contribution is 5.83. The molecule has 0 spiro atoms. The third-order valence-corrected chi connectivity index (χ3v) is 4.30. The first-order valence-electron chi connectivity index (χ1n) is 8.22. The van der Waals surface area contributed by atoms with E-state index in [9.17, 15) is 0 Å². The Morgan fingerprint density at radius 3 is 1.74 bits per heavy atom. The van der Waals surface area contributed by atoms with Crippen molar-refractivity contribution in [2.75, 3.05) is 0 Å². The fraction of sp³-hybridized carbons (Fsp3) is 0.217. The molecule has 3 aromatic rings. The van der Waals surface area contributed by atoms with Crippen molar-refractivity contribution in [2.45, 2.75) is 33.1 Å². The average molecular weight is 300 g/mol. The molecule has 116 valence electrons. The molecule has 0 heterocycles. The molecule has 0 aliphatic heterocycles. The zero-order valence-electron chi connectivity index (χ0n) is 14.4. The summed E-state index contributed by atoms with van der Waals surface area (Å²) in [6, 6.07) is 26.3. The largest absolute Gasteiger partial charge is 0.0616 e. The van der Waals surface area contributed by atoms with Gasteiger partial charge in [0, 0.05) is 0 Å². The Bertz CT molecular complexity index is 819. The van der Waals surface area contributed by atoms with Crippen LogP contribution in [0.1, 0.15) is 31.9 Å². The van der Waals surface area contributed by atoms with Crippen LogP contribution in [0.2, 0.25) is 0 Å². The van der Waals surface area contributed by atoms with Crippen molar-refractivity contribution in [1.29, 1.82) is 0 Å². The van der Waals surface area contributed by atoms with Crippen LogP contribution < -0.4 is 0 Å². The van der Waals surface area contributed by atoms with Gasteiger partial charge in [0.2, 0.25) is 0 Å². The van der Waals surface area contributed by atoms with Crippen molar-refractivity contribution >= 4 is 0 Å². The van der Waals surface area contributed by atoms with Crippen LogP contribution in [-0.2, 0) is 5.41 Å². The first-order valence-corrected chi connectivity index (χ1v) is 8.22. The Kier molecular flexibility index (Phi) is 4.09. The van der Waals surface area contributed by atoms with Crippen LogP contribution in [0.15, 0.2) is 72.8 Å². The van der Waals surface area contributed by atoms with E-state index < -0.39 is 0 Å². The predicted molar refractivity (Wildman–Crippen MR) is 101 cm³/mol. The Balaban J connectivity index is 2.15. The molecule has 0 saturated heterocycles. The molecule has 0 amide bonds. The summed E-state index contributed by atoms with van der Waals surface area (Å²) in [6.07, 6.45) is 0. The number of rotatable bonds is 2. The maximum Gasteiger partial charge on any atom is -0.0105 e. The molecule has 0 nitrogen and oxygen atoms in total. The second kappa shape index (κ2) is 6.04. The van der Waals surface area contributed by atoms with Gasteiger partial charge in [0.1, 0.15) is 0 Å². The van der Waals surface area contributed by atoms with Gasteiger partial charge in [0.15, 0.2) is 0 Å². The van der Waals surface area contributed by atoms with Crippen molar-refractivity contribution in [3.05, 3.63) is 83.9 Å². The van der Waals surface area contributed by atoms with Crippen molar-refractivity contribution in [3.63, 3.8) is 0 Å². The fourth-order valence-electron chi connectivity index (χ4n) is 2.95. The third-order valence-electron chi connectivity index (χ3n) is 4.30. The number of hydrogen-bond donors (Lipinski definition) is 0. The first-order chi connectivity index (χ1) is 10.9. The molecule has 0 heteroatoms. The minimum Gasteiger partial charge on any atom is -0.0616 e. The minimum atomic E-state index is 0.161. The van der Waals surface area contributed by atoms with Gasteiger partial charge in [-0.25, -0.2) is 0 Å². The van der Waals surface area contributed by atoms with Crippen LogP contribution in [0.4, 0.5) is 0 Å². The molecule has 0 aromatic heterocycles. The fourth-order valence-corrected chi connectivity index (χ4v) is 2.95. The van der Waals surface area contributed by atoms with E-state index in [1.807, 2.05) is 0 Å². The lowest BCUT2D eigenvalue weighted by Gasteiger charge is -2.20. The quantitative estimate of drug-likeness (QED) is 0.498. The van der Waals surface area contributed by atoms with Gasteiger partial charge in [-0.15, -0.1) is 0 Å². The Labute approximate surface area is 139 Å². The number of aryl methyl sites for hydroxylation is 1. The maximum atomic E-state index is 2.33. The van der Waals surface area contributed by atoms with Gasteiger partial charge in [-0.05, 0) is 40.2 Å². The molecule has 0 N–H and O–H groups in total. The average Bonchev–Trinajstić information content (AvgIpc) is 2.54. The molecule has 0 aliphatic rings. The van der Waals surface area contributed by atoms with E-state index in [2.05, 4.69) is 100 Å². The molecule has 23 heavy (non-hydrogen) atoms. The summed E-state index contributed by atoms with van der Waals surface area (Å²) < 4.78 is 0. The van der Waals surface area contributed by atoms with E-state index in [0.29, 0.717) is 0 Å². The monoisotopic (exact) mass is 300 g/mol. The smallest absolute Gasteiger partial charge is 0.0105 e. The highest BCUT2D eigenvalue weighted by atomic mass is 14.2. The van der Waals surface area contributed by atoms with E-state index in [-0.39, 0.29) is 5.41 Å². The Hall–Kier alpha value is -2.34. The van der Waals surface area contributed by atoms with Crippen LogP contribution in [0, 0.1) is 6.92 Å². The Morgan fingerprint density at radius 2 is 1.17 bits per heavy atom. The lowest BCUT2D eigenvalue weighted by Crippen LogP contribution is -2.10. The molecule has 0 saturated carbocycles. The molecular weight excluding hydrogens is 276 g/mol. The first kappa shape index (κ1) is 15.6. The lowest BCUT2D eigenvalue weighted by molar-refractivity contribution is 0.590. The van der Waals surface area contributed by atoms with Crippen LogP contribution in [0.3, 0.4) is 0 Å².